The Hall–Kier alpha value is -3.29. The molecule has 3 aromatic rings. The summed E-state index contributed by atoms with van der Waals surface area (Å²) in [6, 6.07) is 7.90. The van der Waals surface area contributed by atoms with E-state index in [9.17, 15) is 18.0 Å². The minimum atomic E-state index is -1.56. The van der Waals surface area contributed by atoms with Gasteiger partial charge < -0.3 is 15.1 Å². The van der Waals surface area contributed by atoms with Crippen LogP contribution < -0.4 is 10.6 Å². The first-order valence-electron chi connectivity index (χ1n) is 6.76. The van der Waals surface area contributed by atoms with Gasteiger partial charge in [-0.15, -0.1) is 0 Å². The molecule has 2 N–H and O–H groups in total. The molecule has 0 atom stereocenters. The zero-order valence-corrected chi connectivity index (χ0v) is 12.0. The van der Waals surface area contributed by atoms with E-state index in [4.69, 9.17) is 4.42 Å². The molecule has 1 aromatic carbocycles. The first kappa shape index (κ1) is 15.6. The zero-order chi connectivity index (χ0) is 17.1. The lowest BCUT2D eigenvalue weighted by molar-refractivity contribution is 0.0996. The van der Waals surface area contributed by atoms with Gasteiger partial charge in [-0.1, -0.05) is 0 Å². The summed E-state index contributed by atoms with van der Waals surface area (Å²) >= 11 is 0. The van der Waals surface area contributed by atoms with Crippen LogP contribution in [0.4, 0.5) is 30.4 Å². The summed E-state index contributed by atoms with van der Waals surface area (Å²) < 4.78 is 44.6. The largest absolute Gasteiger partial charge is 0.459 e. The summed E-state index contributed by atoms with van der Waals surface area (Å²) in [5.74, 6) is -4.26. The third-order valence-electron chi connectivity index (χ3n) is 3.06. The van der Waals surface area contributed by atoms with Gasteiger partial charge in [-0.2, -0.15) is 0 Å². The molecule has 0 aliphatic rings. The van der Waals surface area contributed by atoms with E-state index in [1.807, 2.05) is 0 Å². The number of furan rings is 1. The molecule has 24 heavy (non-hydrogen) atoms. The van der Waals surface area contributed by atoms with Crippen LogP contribution in [0.3, 0.4) is 0 Å². The van der Waals surface area contributed by atoms with Gasteiger partial charge in [-0.25, -0.2) is 18.2 Å². The van der Waals surface area contributed by atoms with E-state index in [0.29, 0.717) is 5.69 Å². The molecule has 0 aliphatic carbocycles. The lowest BCUT2D eigenvalue weighted by Crippen LogP contribution is -2.11. The second-order valence-corrected chi connectivity index (χ2v) is 4.71. The number of hydrogen-bond donors (Lipinski definition) is 2. The van der Waals surface area contributed by atoms with E-state index in [1.165, 1.54) is 30.7 Å². The predicted molar refractivity (Wildman–Crippen MR) is 80.5 cm³/mol. The normalized spacial score (nSPS) is 10.5. The molecular weight excluding hydrogens is 323 g/mol. The molecule has 8 heteroatoms. The number of carbonyl (C=O) groups excluding carboxylic acids is 1. The molecule has 0 bridgehead atoms. The van der Waals surface area contributed by atoms with Crippen LogP contribution >= 0.6 is 0 Å². The van der Waals surface area contributed by atoms with E-state index < -0.39 is 23.4 Å². The number of amides is 1. The smallest absolute Gasteiger partial charge is 0.292 e. The van der Waals surface area contributed by atoms with Gasteiger partial charge in [0.1, 0.15) is 5.82 Å². The lowest BCUT2D eigenvalue weighted by Gasteiger charge is -2.09. The number of nitrogens with zero attached hydrogens (tertiary/aromatic N) is 1. The summed E-state index contributed by atoms with van der Waals surface area (Å²) in [5, 5.41) is 5.08. The fourth-order valence-electron chi connectivity index (χ4n) is 1.91. The topological polar surface area (TPSA) is 67.2 Å². The maximum Gasteiger partial charge on any atom is 0.292 e. The summed E-state index contributed by atoms with van der Waals surface area (Å²) in [4.78, 5) is 15.7. The third kappa shape index (κ3) is 3.22. The van der Waals surface area contributed by atoms with Crippen LogP contribution in [-0.2, 0) is 0 Å². The summed E-state index contributed by atoms with van der Waals surface area (Å²) in [6.45, 7) is 0. The van der Waals surface area contributed by atoms with Crippen molar-refractivity contribution in [1.82, 2.24) is 4.98 Å². The highest BCUT2D eigenvalue weighted by molar-refractivity contribution is 6.01. The molecule has 0 unspecified atom stereocenters. The number of nitrogens with one attached hydrogen (secondary N) is 2. The van der Waals surface area contributed by atoms with Crippen molar-refractivity contribution in [2.45, 2.75) is 0 Å². The van der Waals surface area contributed by atoms with Crippen LogP contribution in [0.25, 0.3) is 0 Å². The van der Waals surface area contributed by atoms with E-state index in [-0.39, 0.29) is 17.3 Å². The van der Waals surface area contributed by atoms with Crippen molar-refractivity contribution in [1.29, 1.82) is 0 Å². The van der Waals surface area contributed by atoms with Crippen LogP contribution in [0, 0.1) is 17.5 Å². The van der Waals surface area contributed by atoms with E-state index in [1.54, 1.807) is 6.07 Å². The number of carbonyl (C=O) groups is 1. The molecule has 0 fully saturated rings. The Labute approximate surface area is 134 Å². The van der Waals surface area contributed by atoms with Crippen molar-refractivity contribution in [3.05, 3.63) is 72.1 Å². The van der Waals surface area contributed by atoms with E-state index in [0.717, 1.165) is 12.1 Å². The van der Waals surface area contributed by atoms with Crippen molar-refractivity contribution in [2.75, 3.05) is 10.6 Å². The molecule has 0 radical (unpaired) electrons. The Kier molecular flexibility index (Phi) is 4.19. The molecular formula is C16H10F3N3O2. The SMILES string of the molecule is O=C(Nc1ccc(Nc2ccc(F)c(F)c2F)cn1)c1ccco1. The molecule has 0 saturated carbocycles. The van der Waals surface area contributed by atoms with Crippen LogP contribution in [0.2, 0.25) is 0 Å². The van der Waals surface area contributed by atoms with E-state index >= 15 is 0 Å². The third-order valence-corrected chi connectivity index (χ3v) is 3.06. The quantitative estimate of drug-likeness (QED) is 0.706. The van der Waals surface area contributed by atoms with Gasteiger partial charge in [0.2, 0.25) is 0 Å². The van der Waals surface area contributed by atoms with Gasteiger partial charge in [0.25, 0.3) is 5.91 Å². The number of benzene rings is 1. The second kappa shape index (κ2) is 6.45. The maximum atomic E-state index is 13.6. The molecule has 0 spiro atoms. The highest BCUT2D eigenvalue weighted by Crippen LogP contribution is 2.23. The molecule has 0 aliphatic heterocycles. The average Bonchev–Trinajstić information content (AvgIpc) is 3.12. The fourth-order valence-corrected chi connectivity index (χ4v) is 1.91. The van der Waals surface area contributed by atoms with Crippen molar-refractivity contribution >= 4 is 23.1 Å². The van der Waals surface area contributed by atoms with Crippen molar-refractivity contribution in [3.63, 3.8) is 0 Å². The van der Waals surface area contributed by atoms with Gasteiger partial charge in [0.15, 0.2) is 23.2 Å². The Morgan fingerprint density at radius 1 is 1.04 bits per heavy atom. The van der Waals surface area contributed by atoms with Crippen molar-refractivity contribution in [3.8, 4) is 0 Å². The number of anilines is 3. The zero-order valence-electron chi connectivity index (χ0n) is 12.0. The van der Waals surface area contributed by atoms with Gasteiger partial charge >= 0.3 is 0 Å². The Morgan fingerprint density at radius 2 is 1.88 bits per heavy atom. The molecule has 5 nitrogen and oxygen atoms in total. The monoisotopic (exact) mass is 333 g/mol. The van der Waals surface area contributed by atoms with E-state index in [2.05, 4.69) is 15.6 Å². The number of pyridine rings is 1. The van der Waals surface area contributed by atoms with Crippen molar-refractivity contribution < 1.29 is 22.4 Å². The van der Waals surface area contributed by atoms with Crippen molar-refractivity contribution in [2.24, 2.45) is 0 Å². The second-order valence-electron chi connectivity index (χ2n) is 4.71. The highest BCUT2D eigenvalue weighted by Gasteiger charge is 2.14. The Bertz CT molecular complexity index is 865. The van der Waals surface area contributed by atoms with Crippen LogP contribution in [0.15, 0.2) is 53.3 Å². The molecule has 3 rings (SSSR count). The summed E-state index contributed by atoms with van der Waals surface area (Å²) in [6.07, 6.45) is 2.67. The molecule has 122 valence electrons. The van der Waals surface area contributed by atoms with Crippen LogP contribution in [-0.4, -0.2) is 10.9 Å². The molecule has 2 aromatic heterocycles. The number of hydrogen-bond acceptors (Lipinski definition) is 4. The minimum absolute atomic E-state index is 0.128. The molecule has 1 amide bonds. The summed E-state index contributed by atoms with van der Waals surface area (Å²) in [5.41, 5.74) is 0.0963. The van der Waals surface area contributed by atoms with Gasteiger partial charge in [0, 0.05) is 0 Å². The summed E-state index contributed by atoms with van der Waals surface area (Å²) in [7, 11) is 0. The predicted octanol–water partition coefficient (Wildman–Crippen LogP) is 4.09. The van der Waals surface area contributed by atoms with Gasteiger partial charge in [0.05, 0.1) is 23.8 Å². The first-order valence-corrected chi connectivity index (χ1v) is 6.76. The highest BCUT2D eigenvalue weighted by atomic mass is 19.2. The van der Waals surface area contributed by atoms with Crippen LogP contribution in [0.1, 0.15) is 10.6 Å². The average molecular weight is 333 g/mol. The number of rotatable bonds is 4. The fraction of sp³-hybridized carbons (Fsp3) is 0. The van der Waals surface area contributed by atoms with Gasteiger partial charge in [-0.05, 0) is 36.4 Å². The number of halogens is 3. The van der Waals surface area contributed by atoms with Crippen LogP contribution in [0.5, 0.6) is 0 Å². The van der Waals surface area contributed by atoms with Gasteiger partial charge in [-0.3, -0.25) is 4.79 Å². The first-order chi connectivity index (χ1) is 11.5. The molecule has 2 heterocycles. The standard InChI is InChI=1S/C16H10F3N3O2/c17-10-4-5-11(15(19)14(10)18)21-9-3-6-13(20-8-9)22-16(23)12-2-1-7-24-12/h1-8,21H,(H,20,22,23). The molecule has 0 saturated heterocycles. The Morgan fingerprint density at radius 3 is 2.54 bits per heavy atom. The maximum absolute atomic E-state index is 13.6. The number of aromatic nitrogens is 1. The Balaban J connectivity index is 1.71. The lowest BCUT2D eigenvalue weighted by atomic mass is 10.2. The minimum Gasteiger partial charge on any atom is -0.459 e.